The van der Waals surface area contributed by atoms with Gasteiger partial charge >= 0.3 is 0 Å². The number of halogens is 1. The van der Waals surface area contributed by atoms with Gasteiger partial charge in [-0.25, -0.2) is 0 Å². The van der Waals surface area contributed by atoms with Crippen molar-refractivity contribution in [3.63, 3.8) is 0 Å². The van der Waals surface area contributed by atoms with Crippen LogP contribution in [-0.2, 0) is 0 Å². The number of amidine groups is 1. The number of hydrogen-bond acceptors (Lipinski definition) is 3. The highest BCUT2D eigenvalue weighted by Crippen LogP contribution is 2.34. The SMILES string of the molecule is CC(C)C1CCCN1c1cccc(Br)c1/C(N)=N/O. The molecule has 0 saturated carbocycles. The van der Waals surface area contributed by atoms with Gasteiger partial charge in [-0.2, -0.15) is 0 Å². The number of oxime groups is 1. The van der Waals surface area contributed by atoms with E-state index in [0.717, 1.165) is 22.3 Å². The second kappa shape index (κ2) is 5.82. The number of anilines is 1. The Bertz CT molecular complexity index is 488. The first kappa shape index (κ1) is 14.2. The van der Waals surface area contributed by atoms with Gasteiger partial charge in [-0.15, -0.1) is 0 Å². The largest absolute Gasteiger partial charge is 0.409 e. The third-order valence-corrected chi connectivity index (χ3v) is 4.39. The van der Waals surface area contributed by atoms with E-state index in [-0.39, 0.29) is 5.84 Å². The molecule has 1 aliphatic heterocycles. The van der Waals surface area contributed by atoms with Crippen LogP contribution >= 0.6 is 15.9 Å². The van der Waals surface area contributed by atoms with Gasteiger partial charge in [0.1, 0.15) is 0 Å². The lowest BCUT2D eigenvalue weighted by Crippen LogP contribution is -2.35. The Morgan fingerprint density at radius 3 is 2.89 bits per heavy atom. The average Bonchev–Trinajstić information content (AvgIpc) is 2.86. The molecule has 1 heterocycles. The zero-order valence-electron chi connectivity index (χ0n) is 11.3. The van der Waals surface area contributed by atoms with E-state index in [2.05, 4.69) is 39.8 Å². The Morgan fingerprint density at radius 2 is 2.26 bits per heavy atom. The van der Waals surface area contributed by atoms with Crippen molar-refractivity contribution in [1.82, 2.24) is 0 Å². The van der Waals surface area contributed by atoms with Gasteiger partial charge in [0.15, 0.2) is 5.84 Å². The number of benzene rings is 1. The van der Waals surface area contributed by atoms with Gasteiger partial charge in [-0.3, -0.25) is 0 Å². The van der Waals surface area contributed by atoms with Crippen molar-refractivity contribution in [2.75, 3.05) is 11.4 Å². The molecule has 1 saturated heterocycles. The molecule has 2 rings (SSSR count). The molecule has 0 spiro atoms. The van der Waals surface area contributed by atoms with E-state index in [1.165, 1.54) is 12.8 Å². The fraction of sp³-hybridized carbons (Fsp3) is 0.500. The monoisotopic (exact) mass is 325 g/mol. The van der Waals surface area contributed by atoms with E-state index < -0.39 is 0 Å². The maximum Gasteiger partial charge on any atom is 0.173 e. The quantitative estimate of drug-likeness (QED) is 0.388. The van der Waals surface area contributed by atoms with Crippen molar-refractivity contribution in [3.05, 3.63) is 28.2 Å². The molecular weight excluding hydrogens is 306 g/mol. The molecule has 19 heavy (non-hydrogen) atoms. The number of hydrogen-bond donors (Lipinski definition) is 2. The molecule has 5 heteroatoms. The summed E-state index contributed by atoms with van der Waals surface area (Å²) in [6, 6.07) is 6.46. The molecule has 3 N–H and O–H groups in total. The first-order chi connectivity index (χ1) is 9.06. The molecule has 0 radical (unpaired) electrons. The predicted molar refractivity (Wildman–Crippen MR) is 81.9 cm³/mol. The third-order valence-electron chi connectivity index (χ3n) is 3.73. The molecule has 0 aliphatic carbocycles. The second-order valence-corrected chi connectivity index (χ2v) is 6.12. The molecule has 0 amide bonds. The van der Waals surface area contributed by atoms with Crippen molar-refractivity contribution in [3.8, 4) is 0 Å². The van der Waals surface area contributed by atoms with Crippen molar-refractivity contribution in [2.45, 2.75) is 32.7 Å². The van der Waals surface area contributed by atoms with Crippen LogP contribution in [0, 0.1) is 5.92 Å². The smallest absolute Gasteiger partial charge is 0.173 e. The van der Waals surface area contributed by atoms with E-state index >= 15 is 0 Å². The Labute approximate surface area is 122 Å². The zero-order valence-corrected chi connectivity index (χ0v) is 12.9. The van der Waals surface area contributed by atoms with Crippen LogP contribution in [0.2, 0.25) is 0 Å². The lowest BCUT2D eigenvalue weighted by molar-refractivity contribution is 0.318. The van der Waals surface area contributed by atoms with Gasteiger partial charge in [0.2, 0.25) is 0 Å². The number of nitrogens with zero attached hydrogens (tertiary/aromatic N) is 2. The summed E-state index contributed by atoms with van der Waals surface area (Å²) in [5, 5.41) is 12.1. The van der Waals surface area contributed by atoms with E-state index in [1.54, 1.807) is 0 Å². The van der Waals surface area contributed by atoms with E-state index in [1.807, 2.05) is 18.2 Å². The van der Waals surface area contributed by atoms with Crippen LogP contribution in [0.25, 0.3) is 0 Å². The maximum absolute atomic E-state index is 8.98. The standard InChI is InChI=1S/C14H20BrN3O/c1-9(2)11-7-4-8-18(11)12-6-3-5-10(15)13(12)14(16)17-19/h3,5-6,9,11,19H,4,7-8H2,1-2H3,(H2,16,17). The van der Waals surface area contributed by atoms with Crippen molar-refractivity contribution in [2.24, 2.45) is 16.8 Å². The van der Waals surface area contributed by atoms with Crippen LogP contribution in [0.15, 0.2) is 27.8 Å². The fourth-order valence-electron chi connectivity index (χ4n) is 2.84. The number of rotatable bonds is 3. The van der Waals surface area contributed by atoms with Gasteiger partial charge in [-0.05, 0) is 46.8 Å². The summed E-state index contributed by atoms with van der Waals surface area (Å²) in [7, 11) is 0. The molecule has 1 unspecified atom stereocenters. The van der Waals surface area contributed by atoms with E-state index in [9.17, 15) is 0 Å². The summed E-state index contributed by atoms with van der Waals surface area (Å²) in [6.07, 6.45) is 2.38. The lowest BCUT2D eigenvalue weighted by Gasteiger charge is -2.31. The highest BCUT2D eigenvalue weighted by Gasteiger charge is 2.29. The summed E-state index contributed by atoms with van der Waals surface area (Å²) in [5.41, 5.74) is 7.65. The van der Waals surface area contributed by atoms with Crippen molar-refractivity contribution in [1.29, 1.82) is 0 Å². The fourth-order valence-corrected chi connectivity index (χ4v) is 3.40. The van der Waals surface area contributed by atoms with Gasteiger partial charge in [0.25, 0.3) is 0 Å². The third kappa shape index (κ3) is 2.71. The zero-order chi connectivity index (χ0) is 14.0. The normalized spacial score (nSPS) is 20.3. The summed E-state index contributed by atoms with van der Waals surface area (Å²) >= 11 is 3.49. The van der Waals surface area contributed by atoms with E-state index in [4.69, 9.17) is 10.9 Å². The van der Waals surface area contributed by atoms with Crippen LogP contribution in [0.1, 0.15) is 32.3 Å². The molecule has 0 bridgehead atoms. The maximum atomic E-state index is 8.98. The lowest BCUT2D eigenvalue weighted by atomic mass is 10.0. The highest BCUT2D eigenvalue weighted by atomic mass is 79.9. The molecule has 1 atom stereocenters. The van der Waals surface area contributed by atoms with Crippen LogP contribution in [0.5, 0.6) is 0 Å². The Hall–Kier alpha value is -1.23. The number of nitrogens with two attached hydrogens (primary N) is 1. The minimum atomic E-state index is 0.150. The van der Waals surface area contributed by atoms with Gasteiger partial charge in [0, 0.05) is 22.7 Å². The summed E-state index contributed by atoms with van der Waals surface area (Å²) in [5.74, 6) is 0.735. The van der Waals surface area contributed by atoms with E-state index in [0.29, 0.717) is 12.0 Å². The minimum absolute atomic E-state index is 0.150. The van der Waals surface area contributed by atoms with Gasteiger partial charge in [0.05, 0.1) is 5.56 Å². The molecule has 1 aliphatic rings. The first-order valence-corrected chi connectivity index (χ1v) is 7.38. The van der Waals surface area contributed by atoms with Crippen LogP contribution < -0.4 is 10.6 Å². The molecule has 4 nitrogen and oxygen atoms in total. The summed E-state index contributed by atoms with van der Waals surface area (Å²) < 4.78 is 0.856. The molecular formula is C14H20BrN3O. The second-order valence-electron chi connectivity index (χ2n) is 5.27. The summed E-state index contributed by atoms with van der Waals surface area (Å²) in [4.78, 5) is 2.38. The van der Waals surface area contributed by atoms with Crippen molar-refractivity contribution >= 4 is 27.5 Å². The van der Waals surface area contributed by atoms with Crippen LogP contribution in [0.3, 0.4) is 0 Å². The minimum Gasteiger partial charge on any atom is -0.409 e. The van der Waals surface area contributed by atoms with Gasteiger partial charge in [-0.1, -0.05) is 25.1 Å². The average molecular weight is 326 g/mol. The first-order valence-electron chi connectivity index (χ1n) is 6.59. The van der Waals surface area contributed by atoms with Crippen molar-refractivity contribution < 1.29 is 5.21 Å². The highest BCUT2D eigenvalue weighted by molar-refractivity contribution is 9.10. The molecule has 104 valence electrons. The molecule has 1 aromatic rings. The van der Waals surface area contributed by atoms with Gasteiger partial charge < -0.3 is 15.8 Å². The Kier molecular flexibility index (Phi) is 4.34. The topological polar surface area (TPSA) is 61.8 Å². The van der Waals surface area contributed by atoms with Crippen LogP contribution in [0.4, 0.5) is 5.69 Å². The predicted octanol–water partition coefficient (Wildman–Crippen LogP) is 3.17. The molecule has 1 fully saturated rings. The molecule has 0 aromatic heterocycles. The summed E-state index contributed by atoms with van der Waals surface area (Å²) in [6.45, 7) is 5.50. The van der Waals surface area contributed by atoms with Crippen LogP contribution in [-0.4, -0.2) is 23.6 Å². The molecule has 1 aromatic carbocycles. The Morgan fingerprint density at radius 1 is 1.53 bits per heavy atom. The Balaban J connectivity index is 2.47.